The summed E-state index contributed by atoms with van der Waals surface area (Å²) in [6, 6.07) is 44.9. The number of benzene rings is 5. The molecule has 9 aromatic rings. The molecule has 0 bridgehead atoms. The molecule has 6 heteroatoms. The predicted octanol–water partition coefficient (Wildman–Crippen LogP) is 9.83. The largest absolute Gasteiger partial charge is 2.00 e. The van der Waals surface area contributed by atoms with E-state index < -0.39 is 0 Å². The van der Waals surface area contributed by atoms with Gasteiger partial charge in [0.1, 0.15) is 5.82 Å². The molecule has 226 valence electrons. The van der Waals surface area contributed by atoms with Gasteiger partial charge in [-0.15, -0.1) is 29.7 Å². The summed E-state index contributed by atoms with van der Waals surface area (Å²) in [5.41, 5.74) is 8.38. The number of hydrogen-bond donors (Lipinski definition) is 0. The standard InChI is InChI=1S/C41H26N4O.Pt/c1-41(2)33-14-8-13-31-30-20-18-27(23-37(30)45(38(31)33)40-34(41)15-9-21-42-40)46-26-17-19-28-29-12-6-7-16-36(29)44-24-35(25-10-4-3-5-11-25)43-39(44)32(28)22-26;/h3-21,24H,1-2H3;/q-2;+2. The van der Waals surface area contributed by atoms with E-state index in [0.29, 0.717) is 11.5 Å². The molecule has 1 aliphatic heterocycles. The molecule has 0 unspecified atom stereocenters. The molecule has 4 aromatic heterocycles. The second-order valence-electron chi connectivity index (χ2n) is 12.5. The molecule has 1 aliphatic rings. The number of rotatable bonds is 3. The Hall–Kier alpha value is -5.25. The molecule has 0 radical (unpaired) electrons. The van der Waals surface area contributed by atoms with Crippen LogP contribution in [0.1, 0.15) is 25.0 Å². The Morgan fingerprint density at radius 2 is 1.43 bits per heavy atom. The molecule has 0 saturated heterocycles. The Labute approximate surface area is 285 Å². The summed E-state index contributed by atoms with van der Waals surface area (Å²) < 4.78 is 11.0. The summed E-state index contributed by atoms with van der Waals surface area (Å²) in [4.78, 5) is 9.98. The minimum Gasteiger partial charge on any atom is -0.503 e. The van der Waals surface area contributed by atoms with Gasteiger partial charge in [-0.1, -0.05) is 109 Å². The van der Waals surface area contributed by atoms with Crippen LogP contribution in [-0.4, -0.2) is 18.9 Å². The topological polar surface area (TPSA) is 44.4 Å². The van der Waals surface area contributed by atoms with Gasteiger partial charge in [-0.2, -0.15) is 6.07 Å². The normalized spacial score (nSPS) is 13.3. The van der Waals surface area contributed by atoms with Gasteiger partial charge in [0, 0.05) is 51.5 Å². The van der Waals surface area contributed by atoms with Crippen molar-refractivity contribution in [2.24, 2.45) is 0 Å². The zero-order valence-corrected chi connectivity index (χ0v) is 27.8. The Kier molecular flexibility index (Phi) is 6.03. The SMILES string of the molecule is CC1(C)c2cccnc2-n2c3[c-]c(Oc4[c-]c5c(cc4)c4ccccc4n4cc(-c6ccccc6)nc54)ccc3c3cccc1c32.[Pt+2]. The molecule has 0 aliphatic carbocycles. The van der Waals surface area contributed by atoms with Gasteiger partial charge in [-0.25, -0.2) is 4.98 Å². The third-order valence-corrected chi connectivity index (χ3v) is 9.61. The van der Waals surface area contributed by atoms with E-state index in [-0.39, 0.29) is 26.5 Å². The van der Waals surface area contributed by atoms with Crippen molar-refractivity contribution in [2.45, 2.75) is 19.3 Å². The summed E-state index contributed by atoms with van der Waals surface area (Å²) in [5, 5.41) is 5.45. The number of imidazole rings is 1. The summed E-state index contributed by atoms with van der Waals surface area (Å²) in [6.07, 6.45) is 3.98. The fraction of sp³-hybridized carbons (Fsp3) is 0.0732. The van der Waals surface area contributed by atoms with Crippen molar-refractivity contribution in [3.05, 3.63) is 145 Å². The van der Waals surface area contributed by atoms with Crippen LogP contribution in [0.25, 0.3) is 66.2 Å². The van der Waals surface area contributed by atoms with Crippen LogP contribution >= 0.6 is 0 Å². The molecule has 0 spiro atoms. The minimum absolute atomic E-state index is 0. The molecule has 5 nitrogen and oxygen atoms in total. The van der Waals surface area contributed by atoms with E-state index in [9.17, 15) is 0 Å². The number of para-hydroxylation sites is 2. The molecular formula is C41H26N4OPt. The van der Waals surface area contributed by atoms with Gasteiger partial charge in [-0.05, 0) is 28.5 Å². The fourth-order valence-corrected chi connectivity index (χ4v) is 7.41. The van der Waals surface area contributed by atoms with Crippen LogP contribution in [0.4, 0.5) is 0 Å². The van der Waals surface area contributed by atoms with Gasteiger partial charge in [-0.3, -0.25) is 4.98 Å². The van der Waals surface area contributed by atoms with Crippen LogP contribution in [0, 0.1) is 12.1 Å². The summed E-state index contributed by atoms with van der Waals surface area (Å²) in [6.45, 7) is 4.56. The van der Waals surface area contributed by atoms with Crippen LogP contribution in [0.5, 0.6) is 11.5 Å². The molecule has 0 amide bonds. The smallest absolute Gasteiger partial charge is 0.503 e. The van der Waals surface area contributed by atoms with Gasteiger partial charge in [0.2, 0.25) is 0 Å². The predicted molar refractivity (Wildman–Crippen MR) is 184 cm³/mol. The molecule has 0 atom stereocenters. The monoisotopic (exact) mass is 785 g/mol. The molecule has 5 aromatic carbocycles. The van der Waals surface area contributed by atoms with E-state index in [1.54, 1.807) is 0 Å². The number of pyridine rings is 2. The Bertz CT molecular complexity index is 2710. The zero-order chi connectivity index (χ0) is 30.6. The van der Waals surface area contributed by atoms with Crippen LogP contribution in [0.15, 0.2) is 122 Å². The van der Waals surface area contributed by atoms with Crippen molar-refractivity contribution in [3.8, 4) is 28.6 Å². The molecule has 47 heavy (non-hydrogen) atoms. The molecule has 0 fully saturated rings. The van der Waals surface area contributed by atoms with Crippen molar-refractivity contribution in [2.75, 3.05) is 0 Å². The van der Waals surface area contributed by atoms with E-state index in [4.69, 9.17) is 14.7 Å². The van der Waals surface area contributed by atoms with Crippen molar-refractivity contribution in [3.63, 3.8) is 0 Å². The van der Waals surface area contributed by atoms with Crippen LogP contribution in [0.2, 0.25) is 0 Å². The van der Waals surface area contributed by atoms with E-state index in [1.165, 1.54) is 22.0 Å². The van der Waals surface area contributed by atoms with Gasteiger partial charge < -0.3 is 13.7 Å². The molecule has 10 rings (SSSR count). The first-order valence-corrected chi connectivity index (χ1v) is 15.5. The number of ether oxygens (including phenoxy) is 1. The second kappa shape index (κ2) is 10.1. The first-order chi connectivity index (χ1) is 22.6. The molecular weight excluding hydrogens is 760 g/mol. The number of hydrogen-bond acceptors (Lipinski definition) is 3. The molecule has 0 N–H and O–H groups in total. The van der Waals surface area contributed by atoms with Crippen LogP contribution < -0.4 is 4.74 Å². The van der Waals surface area contributed by atoms with E-state index in [1.807, 2.05) is 42.6 Å². The summed E-state index contributed by atoms with van der Waals surface area (Å²) in [7, 11) is 0. The third kappa shape index (κ3) is 3.93. The Morgan fingerprint density at radius 1 is 0.681 bits per heavy atom. The number of nitrogens with zero attached hydrogens (tertiary/aromatic N) is 4. The average molecular weight is 786 g/mol. The van der Waals surface area contributed by atoms with Gasteiger partial charge in [0.25, 0.3) is 0 Å². The Balaban J connectivity index is 0.00000302. The third-order valence-electron chi connectivity index (χ3n) is 9.61. The summed E-state index contributed by atoms with van der Waals surface area (Å²) in [5.74, 6) is 2.18. The molecule has 0 saturated carbocycles. The zero-order valence-electron chi connectivity index (χ0n) is 25.6. The number of fused-ring (bicyclic) bond motifs is 11. The van der Waals surface area contributed by atoms with Crippen molar-refractivity contribution >= 4 is 49.1 Å². The van der Waals surface area contributed by atoms with Crippen molar-refractivity contribution in [1.29, 1.82) is 0 Å². The van der Waals surface area contributed by atoms with E-state index in [0.717, 1.165) is 55.3 Å². The van der Waals surface area contributed by atoms with E-state index >= 15 is 0 Å². The second-order valence-corrected chi connectivity index (χ2v) is 12.5. The Morgan fingerprint density at radius 3 is 2.30 bits per heavy atom. The van der Waals surface area contributed by atoms with Crippen LogP contribution in [-0.2, 0) is 26.5 Å². The average Bonchev–Trinajstić information content (AvgIpc) is 3.69. The van der Waals surface area contributed by atoms with Crippen molar-refractivity contribution < 1.29 is 25.8 Å². The van der Waals surface area contributed by atoms with Gasteiger partial charge in [0.05, 0.1) is 11.3 Å². The quantitative estimate of drug-likeness (QED) is 0.132. The van der Waals surface area contributed by atoms with E-state index in [2.05, 4.69) is 114 Å². The van der Waals surface area contributed by atoms with Gasteiger partial charge >= 0.3 is 21.1 Å². The first kappa shape index (κ1) is 28.0. The maximum absolute atomic E-state index is 6.54. The maximum Gasteiger partial charge on any atom is 2.00 e. The maximum atomic E-state index is 6.54. The van der Waals surface area contributed by atoms with Crippen molar-refractivity contribution in [1.82, 2.24) is 18.9 Å². The summed E-state index contributed by atoms with van der Waals surface area (Å²) >= 11 is 0. The fourth-order valence-electron chi connectivity index (χ4n) is 7.41. The molecule has 5 heterocycles. The first-order valence-electron chi connectivity index (χ1n) is 15.5. The van der Waals surface area contributed by atoms with Gasteiger partial charge in [0.15, 0.2) is 0 Å². The minimum atomic E-state index is -0.171. The number of aromatic nitrogens is 4. The van der Waals surface area contributed by atoms with Crippen LogP contribution in [0.3, 0.4) is 0 Å².